The van der Waals surface area contributed by atoms with Crippen LogP contribution in [0.15, 0.2) is 0 Å². The average molecular weight is 502 g/mol. The molecule has 29 heavy (non-hydrogen) atoms. The smallest absolute Gasteiger partial charge is 0.317 e. The molecule has 0 aliphatic carbocycles. The van der Waals surface area contributed by atoms with Crippen molar-refractivity contribution >= 4 is 7.68 Å². The van der Waals surface area contributed by atoms with Crippen LogP contribution in [0.2, 0.25) is 0 Å². The molecule has 0 aliphatic heterocycles. The summed E-state index contributed by atoms with van der Waals surface area (Å²) in [5.41, 5.74) is -7.93. The summed E-state index contributed by atoms with van der Waals surface area (Å²) in [6, 6.07) is 0. The van der Waals surface area contributed by atoms with E-state index < -0.39 is 55.1 Å². The highest BCUT2D eigenvalue weighted by atomic mass is 31.2. The van der Waals surface area contributed by atoms with E-state index in [0.717, 1.165) is 0 Å². The zero-order valence-electron chi connectivity index (χ0n) is 12.1. The highest BCUT2D eigenvalue weighted by Gasteiger charge is 2.96. The Labute approximate surface area is 145 Å². The molecular weight excluding hydrogens is 501 g/mol. The van der Waals surface area contributed by atoms with E-state index in [1.165, 1.54) is 0 Å². The molecule has 21 heteroatoms. The maximum atomic E-state index is 13.0. The van der Waals surface area contributed by atoms with E-state index in [-0.39, 0.29) is 0 Å². The lowest BCUT2D eigenvalue weighted by molar-refractivity contribution is -0.458. The third kappa shape index (κ3) is 3.33. The van der Waals surface area contributed by atoms with Crippen molar-refractivity contribution in [3.63, 3.8) is 0 Å². The first-order chi connectivity index (χ1) is 12.0. The highest BCUT2D eigenvalue weighted by Crippen LogP contribution is 2.70. The third-order valence-electron chi connectivity index (χ3n) is 3.05. The molecule has 0 bridgehead atoms. The van der Waals surface area contributed by atoms with Crippen LogP contribution in [0.5, 0.6) is 0 Å². The number of alkyl halides is 17. The maximum Gasteiger partial charge on any atom is 0.460 e. The molecular formula is C8HF18O2P. The number of hydrogen-bond acceptors (Lipinski definition) is 1. The van der Waals surface area contributed by atoms with Crippen molar-refractivity contribution in [2.24, 2.45) is 0 Å². The van der Waals surface area contributed by atoms with Gasteiger partial charge in [0, 0.05) is 0 Å². The van der Waals surface area contributed by atoms with Crippen LogP contribution >= 0.6 is 7.68 Å². The van der Waals surface area contributed by atoms with Gasteiger partial charge in [-0.2, -0.15) is 78.8 Å². The van der Waals surface area contributed by atoms with E-state index >= 15 is 0 Å². The van der Waals surface area contributed by atoms with Gasteiger partial charge in [0.25, 0.3) is 0 Å². The van der Waals surface area contributed by atoms with Crippen LogP contribution in [-0.4, -0.2) is 52.3 Å². The summed E-state index contributed by atoms with van der Waals surface area (Å²) < 4.78 is 237. The summed E-state index contributed by atoms with van der Waals surface area (Å²) in [7, 11) is -8.47. The van der Waals surface area contributed by atoms with E-state index in [1.807, 2.05) is 0 Å². The zero-order valence-corrected chi connectivity index (χ0v) is 13.0. The average Bonchev–Trinajstić information content (AvgIpc) is 2.43. The van der Waals surface area contributed by atoms with Crippen molar-refractivity contribution in [1.82, 2.24) is 0 Å². The number of halogens is 18. The molecule has 2 nitrogen and oxygen atoms in total. The lowest BCUT2D eigenvalue weighted by Gasteiger charge is -2.42. The maximum absolute atomic E-state index is 13.0. The first kappa shape index (κ1) is 27.9. The molecule has 0 heterocycles. The molecule has 0 fully saturated rings. The van der Waals surface area contributed by atoms with Gasteiger partial charge in [-0.05, 0) is 0 Å². The van der Waals surface area contributed by atoms with Gasteiger partial charge in [0.05, 0.1) is 0 Å². The van der Waals surface area contributed by atoms with Crippen LogP contribution in [-0.2, 0) is 4.57 Å². The van der Waals surface area contributed by atoms with Gasteiger partial charge in [-0.3, -0.25) is 0 Å². The van der Waals surface area contributed by atoms with Gasteiger partial charge >= 0.3 is 55.1 Å². The highest BCUT2D eigenvalue weighted by molar-refractivity contribution is 7.53. The molecule has 1 unspecified atom stereocenters. The minimum absolute atomic E-state index is 7.58. The molecule has 0 aliphatic rings. The normalized spacial score (nSPS) is 18.6. The van der Waals surface area contributed by atoms with E-state index in [4.69, 9.17) is 4.89 Å². The van der Waals surface area contributed by atoms with Gasteiger partial charge in [-0.25, -0.2) is 4.57 Å². The van der Waals surface area contributed by atoms with Gasteiger partial charge in [-0.15, -0.1) is 0 Å². The van der Waals surface area contributed by atoms with Crippen molar-refractivity contribution in [2.45, 2.75) is 47.4 Å². The largest absolute Gasteiger partial charge is 0.460 e. The van der Waals surface area contributed by atoms with E-state index in [2.05, 4.69) is 0 Å². The van der Waals surface area contributed by atoms with Crippen LogP contribution in [0.25, 0.3) is 0 Å². The quantitative estimate of drug-likeness (QED) is 0.337. The van der Waals surface area contributed by atoms with E-state index in [9.17, 15) is 83.4 Å². The molecule has 0 aromatic heterocycles. The zero-order chi connectivity index (χ0) is 24.5. The molecule has 1 atom stereocenters. The minimum Gasteiger partial charge on any atom is -0.317 e. The van der Waals surface area contributed by atoms with E-state index in [0.29, 0.717) is 0 Å². The Balaban J connectivity index is 6.86. The summed E-state index contributed by atoms with van der Waals surface area (Å²) in [5, 5.41) is 0. The molecule has 0 saturated heterocycles. The lowest BCUT2D eigenvalue weighted by Crippen LogP contribution is -2.74. The first-order valence-electron chi connectivity index (χ1n) is 5.74. The topological polar surface area (TPSA) is 37.3 Å². The molecule has 1 N–H and O–H groups in total. The van der Waals surface area contributed by atoms with Gasteiger partial charge in [-0.1, -0.05) is 0 Å². The van der Waals surface area contributed by atoms with Gasteiger partial charge in [0.1, 0.15) is 0 Å². The summed E-state index contributed by atoms with van der Waals surface area (Å²) >= 11 is 0. The van der Waals surface area contributed by atoms with Crippen LogP contribution in [0.3, 0.4) is 0 Å². The molecule has 0 rings (SSSR count). The van der Waals surface area contributed by atoms with Crippen molar-refractivity contribution < 1.29 is 88.3 Å². The van der Waals surface area contributed by atoms with Crippen molar-refractivity contribution in [2.75, 3.05) is 0 Å². The van der Waals surface area contributed by atoms with Crippen LogP contribution in [0.1, 0.15) is 0 Å². The van der Waals surface area contributed by atoms with Crippen molar-refractivity contribution in [3.05, 3.63) is 0 Å². The first-order valence-corrected chi connectivity index (χ1v) is 7.29. The van der Waals surface area contributed by atoms with Crippen molar-refractivity contribution in [3.8, 4) is 0 Å². The lowest BCUT2D eigenvalue weighted by atomic mass is 9.91. The Morgan fingerprint density at radius 2 is 0.655 bits per heavy atom. The number of rotatable bonds is 7. The Morgan fingerprint density at radius 3 is 0.862 bits per heavy atom. The molecule has 0 spiro atoms. The van der Waals surface area contributed by atoms with Crippen molar-refractivity contribution in [1.29, 1.82) is 0 Å². The Morgan fingerprint density at radius 1 is 0.448 bits per heavy atom. The van der Waals surface area contributed by atoms with Gasteiger partial charge < -0.3 is 4.89 Å². The Bertz CT molecular complexity index is 670. The molecule has 0 aromatic rings. The fourth-order valence-corrected chi connectivity index (χ4v) is 1.82. The second-order valence-corrected chi connectivity index (χ2v) is 6.55. The minimum atomic E-state index is -8.92. The predicted molar refractivity (Wildman–Crippen MR) is 51.6 cm³/mol. The summed E-state index contributed by atoms with van der Waals surface area (Å²) in [5.74, 6) is -52.1. The van der Waals surface area contributed by atoms with Gasteiger partial charge in [0.2, 0.25) is 0 Å². The Hall–Kier alpha value is -1.07. The third-order valence-corrected chi connectivity index (χ3v) is 4.03. The SMILES string of the molecule is O=P(O)(F)C(F)(F)C(F)(F)C(F)(F)C(F)(F)C(F)(F)C(F)(F)C(F)(F)C(F)(F)F. The fourth-order valence-electron chi connectivity index (χ4n) is 1.33. The second-order valence-electron chi connectivity index (χ2n) is 4.99. The van der Waals surface area contributed by atoms with Crippen LogP contribution in [0, 0.1) is 0 Å². The van der Waals surface area contributed by atoms with Crippen LogP contribution < -0.4 is 0 Å². The number of hydrogen-bond donors (Lipinski definition) is 1. The summed E-state index contributed by atoms with van der Waals surface area (Å²) in [6.45, 7) is 0. The second kappa shape index (κ2) is 6.46. The monoisotopic (exact) mass is 502 g/mol. The molecule has 0 amide bonds. The standard InChI is InChI=1S/C8HF18O2P/c9-1(10,3(13,14)5(17,18)7(21,22)23)2(11,12)4(15,16)6(19,20)8(24,25)29(26,27)28/h(H,27,28). The van der Waals surface area contributed by atoms with Gasteiger partial charge in [0.15, 0.2) is 0 Å². The van der Waals surface area contributed by atoms with Crippen LogP contribution in [0.4, 0.5) is 78.8 Å². The Kier molecular flexibility index (Phi) is 6.22. The fraction of sp³-hybridized carbons (Fsp3) is 1.00. The summed E-state index contributed by atoms with van der Waals surface area (Å²) in [4.78, 5) is 7.58. The van der Waals surface area contributed by atoms with E-state index in [1.54, 1.807) is 0 Å². The molecule has 0 aromatic carbocycles. The molecule has 176 valence electrons. The predicted octanol–water partition coefficient (Wildman–Crippen LogP) is 6.11. The molecule has 0 saturated carbocycles. The molecule has 0 radical (unpaired) electrons. The summed E-state index contributed by atoms with van der Waals surface area (Å²) in [6.07, 6.45) is -7.89.